The average Bonchev–Trinajstić information content (AvgIpc) is 3.62. The Balaban J connectivity index is 1.29. The molecule has 0 atom stereocenters. The van der Waals surface area contributed by atoms with Crippen LogP contribution in [-0.4, -0.2) is 49.7 Å². The first-order valence-corrected chi connectivity index (χ1v) is 12.9. The second-order valence-electron chi connectivity index (χ2n) is 10.6. The van der Waals surface area contributed by atoms with E-state index in [1.807, 2.05) is 4.90 Å². The lowest BCUT2D eigenvalue weighted by atomic mass is 9.67. The molecule has 1 heterocycles. The van der Waals surface area contributed by atoms with Crippen molar-refractivity contribution in [1.82, 2.24) is 15.5 Å². The largest absolute Gasteiger partial charge is 0.416 e. The molecule has 3 fully saturated rings. The summed E-state index contributed by atoms with van der Waals surface area (Å²) in [5.41, 5.74) is -4.04. The number of benzene rings is 1. The van der Waals surface area contributed by atoms with Gasteiger partial charge in [-0.2, -0.15) is 39.5 Å². The number of alkyl halides is 9. The number of likely N-dealkylation sites (tertiary alicyclic amines) is 1. The van der Waals surface area contributed by atoms with Gasteiger partial charge in [0.15, 0.2) is 0 Å². The summed E-state index contributed by atoms with van der Waals surface area (Å²) in [5.74, 6) is -0.870. The Morgan fingerprint density at radius 3 is 1.87 bits per heavy atom. The van der Waals surface area contributed by atoms with Crippen molar-refractivity contribution in [2.45, 2.75) is 63.5 Å². The Morgan fingerprint density at radius 1 is 0.872 bits per heavy atom. The molecule has 39 heavy (non-hydrogen) atoms. The van der Waals surface area contributed by atoms with Gasteiger partial charge in [-0.15, -0.1) is 0 Å². The van der Waals surface area contributed by atoms with Crippen LogP contribution < -0.4 is 10.6 Å². The van der Waals surface area contributed by atoms with Crippen LogP contribution in [0.1, 0.15) is 61.6 Å². The van der Waals surface area contributed by atoms with Crippen molar-refractivity contribution in [3.63, 3.8) is 0 Å². The van der Waals surface area contributed by atoms with Gasteiger partial charge in [0.2, 0.25) is 5.91 Å². The zero-order valence-corrected chi connectivity index (χ0v) is 21.1. The molecule has 1 aromatic carbocycles. The Hall–Kier alpha value is -2.44. The number of carbonyl (C=O) groups is 1. The molecule has 4 nitrogen and oxygen atoms in total. The number of nitrogens with one attached hydrogen (secondary N) is 2. The molecule has 2 N–H and O–H groups in total. The van der Waals surface area contributed by atoms with E-state index in [0.717, 1.165) is 17.7 Å². The summed E-state index contributed by atoms with van der Waals surface area (Å²) in [6.45, 7) is 2.07. The highest BCUT2D eigenvalue weighted by Crippen LogP contribution is 2.53. The Labute approximate surface area is 220 Å². The van der Waals surface area contributed by atoms with Gasteiger partial charge in [-0.1, -0.05) is 6.42 Å². The third-order valence-electron chi connectivity index (χ3n) is 7.90. The summed E-state index contributed by atoms with van der Waals surface area (Å²) in [5, 5.41) is 5.52. The fourth-order valence-corrected chi connectivity index (χ4v) is 5.17. The van der Waals surface area contributed by atoms with Crippen LogP contribution in [0.3, 0.4) is 0 Å². The third-order valence-corrected chi connectivity index (χ3v) is 7.90. The number of hydrogen-bond acceptors (Lipinski definition) is 3. The minimum atomic E-state index is -4.92. The van der Waals surface area contributed by atoms with E-state index in [-0.39, 0.29) is 36.9 Å². The molecule has 0 unspecified atom stereocenters. The minimum Gasteiger partial charge on any atom is -0.384 e. The normalized spacial score (nSPS) is 20.4. The van der Waals surface area contributed by atoms with Crippen molar-refractivity contribution >= 4 is 11.6 Å². The van der Waals surface area contributed by atoms with E-state index in [4.69, 9.17) is 0 Å². The van der Waals surface area contributed by atoms with Gasteiger partial charge in [-0.25, -0.2) is 0 Å². The zero-order chi connectivity index (χ0) is 28.6. The molecule has 0 radical (unpaired) electrons. The SMILES string of the molecule is O=C(NCCN1CCC(CNC(=C2CC2)c2cc(C(F)(F)F)cc(C(F)(F)F)c2)CC1)C1(C(F)(F)F)CCC1. The van der Waals surface area contributed by atoms with Gasteiger partial charge in [0.1, 0.15) is 5.41 Å². The number of halogens is 9. The fraction of sp³-hybridized carbons (Fsp3) is 0.654. The Kier molecular flexibility index (Phi) is 8.22. The number of amides is 1. The molecule has 0 spiro atoms. The molecule has 13 heteroatoms. The van der Waals surface area contributed by atoms with Crippen LogP contribution in [0, 0.1) is 11.3 Å². The molecule has 218 valence electrons. The number of hydrogen-bond donors (Lipinski definition) is 2. The van der Waals surface area contributed by atoms with E-state index in [1.54, 1.807) is 0 Å². The van der Waals surface area contributed by atoms with Gasteiger partial charge in [-0.05, 0) is 86.9 Å². The van der Waals surface area contributed by atoms with Gasteiger partial charge >= 0.3 is 18.5 Å². The maximum absolute atomic E-state index is 13.3. The van der Waals surface area contributed by atoms with E-state index in [2.05, 4.69) is 10.6 Å². The molecule has 1 aliphatic heterocycles. The lowest BCUT2D eigenvalue weighted by molar-refractivity contribution is -0.243. The van der Waals surface area contributed by atoms with Gasteiger partial charge < -0.3 is 15.5 Å². The Bertz CT molecular complexity index is 1040. The topological polar surface area (TPSA) is 44.4 Å². The second-order valence-corrected chi connectivity index (χ2v) is 10.6. The van der Waals surface area contributed by atoms with E-state index < -0.39 is 41.0 Å². The van der Waals surface area contributed by atoms with E-state index in [1.165, 1.54) is 0 Å². The quantitative estimate of drug-likeness (QED) is 0.356. The number of allylic oxidation sites excluding steroid dienone is 1. The molecule has 1 amide bonds. The highest BCUT2D eigenvalue weighted by Gasteiger charge is 2.63. The van der Waals surface area contributed by atoms with E-state index >= 15 is 0 Å². The highest BCUT2D eigenvalue weighted by atomic mass is 19.4. The molecule has 0 bridgehead atoms. The summed E-state index contributed by atoms with van der Waals surface area (Å²) in [4.78, 5) is 14.2. The lowest BCUT2D eigenvalue weighted by Gasteiger charge is -2.41. The lowest BCUT2D eigenvalue weighted by Crippen LogP contribution is -2.55. The van der Waals surface area contributed by atoms with Crippen molar-refractivity contribution in [3.05, 3.63) is 40.5 Å². The molecule has 4 rings (SSSR count). The van der Waals surface area contributed by atoms with Gasteiger partial charge in [0, 0.05) is 25.3 Å². The summed E-state index contributed by atoms with van der Waals surface area (Å²) in [7, 11) is 0. The van der Waals surface area contributed by atoms with Crippen LogP contribution in [0.25, 0.3) is 5.70 Å². The fourth-order valence-electron chi connectivity index (χ4n) is 5.17. The highest BCUT2D eigenvalue weighted by molar-refractivity contribution is 5.84. The van der Waals surface area contributed by atoms with Crippen molar-refractivity contribution in [1.29, 1.82) is 0 Å². The van der Waals surface area contributed by atoms with Crippen molar-refractivity contribution in [3.8, 4) is 0 Å². The van der Waals surface area contributed by atoms with Crippen LogP contribution in [0.4, 0.5) is 39.5 Å². The summed E-state index contributed by atoms with van der Waals surface area (Å²) < 4.78 is 120. The van der Waals surface area contributed by atoms with Crippen LogP contribution in [0.2, 0.25) is 0 Å². The van der Waals surface area contributed by atoms with Gasteiger partial charge in [0.05, 0.1) is 11.1 Å². The maximum atomic E-state index is 13.3. The molecule has 2 saturated carbocycles. The average molecular weight is 572 g/mol. The van der Waals surface area contributed by atoms with Crippen molar-refractivity contribution < 1.29 is 44.3 Å². The van der Waals surface area contributed by atoms with E-state index in [9.17, 15) is 44.3 Å². The summed E-state index contributed by atoms with van der Waals surface area (Å²) in [6, 6.07) is 1.60. The molecule has 2 aliphatic carbocycles. The van der Waals surface area contributed by atoms with Crippen LogP contribution >= 0.6 is 0 Å². The summed E-state index contributed by atoms with van der Waals surface area (Å²) in [6.07, 6.45) is -11.9. The van der Waals surface area contributed by atoms with Gasteiger partial charge in [0.25, 0.3) is 0 Å². The molecular weight excluding hydrogens is 541 g/mol. The molecular formula is C26H30F9N3O. The number of rotatable bonds is 8. The van der Waals surface area contributed by atoms with Crippen LogP contribution in [-0.2, 0) is 17.1 Å². The first kappa shape index (κ1) is 29.5. The molecule has 1 saturated heterocycles. The first-order chi connectivity index (χ1) is 18.1. The number of carbonyl (C=O) groups excluding carboxylic acids is 1. The molecule has 0 aromatic heterocycles. The van der Waals surface area contributed by atoms with E-state index in [0.29, 0.717) is 64.0 Å². The molecule has 1 aromatic rings. The Morgan fingerprint density at radius 2 is 1.44 bits per heavy atom. The molecule has 3 aliphatic rings. The maximum Gasteiger partial charge on any atom is 0.416 e. The van der Waals surface area contributed by atoms with Crippen LogP contribution in [0.5, 0.6) is 0 Å². The zero-order valence-electron chi connectivity index (χ0n) is 21.1. The summed E-state index contributed by atoms with van der Waals surface area (Å²) >= 11 is 0. The second kappa shape index (κ2) is 10.9. The van der Waals surface area contributed by atoms with Crippen LogP contribution in [0.15, 0.2) is 23.8 Å². The minimum absolute atomic E-state index is 0.0902. The van der Waals surface area contributed by atoms with Crippen molar-refractivity contribution in [2.75, 3.05) is 32.7 Å². The van der Waals surface area contributed by atoms with Gasteiger partial charge in [-0.3, -0.25) is 4.79 Å². The standard InChI is InChI=1S/C26H30F9N3O/c27-24(28,29)19-12-18(13-20(14-19)25(30,31)32)21(17-2-3-17)37-15-16-4-9-38(10-5-16)11-8-36-22(39)23(6-1-7-23)26(33,34)35/h12-14,16,37H,1-11,15H2,(H,36,39). The smallest absolute Gasteiger partial charge is 0.384 e. The first-order valence-electron chi connectivity index (χ1n) is 12.9. The predicted octanol–water partition coefficient (Wildman–Crippen LogP) is 6.38. The predicted molar refractivity (Wildman–Crippen MR) is 125 cm³/mol. The monoisotopic (exact) mass is 571 g/mol. The van der Waals surface area contributed by atoms with Crippen molar-refractivity contribution in [2.24, 2.45) is 11.3 Å². The number of piperidine rings is 1. The third kappa shape index (κ3) is 6.83. The number of nitrogens with zero attached hydrogens (tertiary/aromatic N) is 1.